The molecule has 124 valence electrons. The van der Waals surface area contributed by atoms with Gasteiger partial charge in [-0.05, 0) is 24.3 Å². The van der Waals surface area contributed by atoms with E-state index in [0.29, 0.717) is 18.9 Å². The lowest BCUT2D eigenvalue weighted by molar-refractivity contribution is -0.816. The molecule has 4 rings (SSSR count). The molecule has 1 aromatic rings. The number of hydrogen-bond donors (Lipinski definition) is 1. The Kier molecular flexibility index (Phi) is 3.85. The first kappa shape index (κ1) is 15.4. The first-order chi connectivity index (χ1) is 11.1. The van der Waals surface area contributed by atoms with Crippen LogP contribution in [0.4, 0.5) is 10.5 Å². The van der Waals surface area contributed by atoms with Gasteiger partial charge in [-0.15, -0.1) is 0 Å². The van der Waals surface area contributed by atoms with Crippen molar-refractivity contribution in [1.29, 1.82) is 0 Å². The summed E-state index contributed by atoms with van der Waals surface area (Å²) in [5.41, 5.74) is 0.683. The van der Waals surface area contributed by atoms with Crippen LogP contribution in [0.2, 0.25) is 0 Å². The maximum Gasteiger partial charge on any atom is 0.625 e. The van der Waals surface area contributed by atoms with Gasteiger partial charge >= 0.3 is 13.0 Å². The van der Waals surface area contributed by atoms with Crippen molar-refractivity contribution in [2.45, 2.75) is 6.10 Å². The van der Waals surface area contributed by atoms with E-state index < -0.39 is 13.0 Å². The van der Waals surface area contributed by atoms with Crippen LogP contribution in [0.5, 0.6) is 0 Å². The molecule has 0 aliphatic carbocycles. The van der Waals surface area contributed by atoms with E-state index in [4.69, 9.17) is 18.7 Å². The Balaban J connectivity index is 1.30. The largest absolute Gasteiger partial charge is 0.625 e. The number of quaternary nitrogens is 1. The summed E-state index contributed by atoms with van der Waals surface area (Å²) in [6.07, 6.45) is -0.679. The molecule has 0 aromatic heterocycles. The zero-order chi connectivity index (χ0) is 15.9. The lowest BCUT2D eigenvalue weighted by Gasteiger charge is -2.37. The molecule has 1 aromatic carbocycles. The van der Waals surface area contributed by atoms with Crippen molar-refractivity contribution in [3.63, 3.8) is 0 Å². The van der Waals surface area contributed by atoms with Crippen molar-refractivity contribution in [3.05, 3.63) is 28.7 Å². The third-order valence-corrected chi connectivity index (χ3v) is 5.35. The molecule has 1 unspecified atom stereocenters. The molecule has 3 saturated heterocycles. The lowest BCUT2D eigenvalue weighted by Crippen LogP contribution is -2.59. The molecule has 1 atom stereocenters. The standard InChI is InChI=1S/C14H18BBrN2O5/c16-11-1-3-12(4-2-11)17-14(19)20-10-13-9-18-5-7-21-15(18,23-13)22-8-6-18/h1-4,13H,5-10H2,(H,17,19). The Morgan fingerprint density at radius 2 is 2.00 bits per heavy atom. The summed E-state index contributed by atoms with van der Waals surface area (Å²) in [5.74, 6) is 0. The van der Waals surface area contributed by atoms with Gasteiger partial charge in [-0.1, -0.05) is 15.9 Å². The van der Waals surface area contributed by atoms with Crippen LogP contribution in [0, 0.1) is 0 Å². The second-order valence-corrected chi connectivity index (χ2v) is 7.10. The minimum absolute atomic E-state index is 0.189. The number of carbonyl (C=O) groups is 1. The molecular weight excluding hydrogens is 367 g/mol. The number of anilines is 1. The van der Waals surface area contributed by atoms with E-state index in [9.17, 15) is 4.79 Å². The zero-order valence-electron chi connectivity index (χ0n) is 12.6. The fraction of sp³-hybridized carbons (Fsp3) is 0.500. The van der Waals surface area contributed by atoms with Crippen LogP contribution in [0.15, 0.2) is 28.7 Å². The third-order valence-electron chi connectivity index (χ3n) is 4.82. The Hall–Kier alpha value is -1.13. The second kappa shape index (κ2) is 5.75. The van der Waals surface area contributed by atoms with Gasteiger partial charge in [0.05, 0.1) is 32.8 Å². The van der Waals surface area contributed by atoms with Gasteiger partial charge in [0.15, 0.2) is 0 Å². The number of carbonyl (C=O) groups excluding carboxylic acids is 1. The number of hydrogen-bond acceptors (Lipinski definition) is 5. The highest BCUT2D eigenvalue weighted by Crippen LogP contribution is 2.41. The van der Waals surface area contributed by atoms with Crippen LogP contribution in [-0.4, -0.2) is 62.9 Å². The predicted molar refractivity (Wildman–Crippen MR) is 86.5 cm³/mol. The van der Waals surface area contributed by atoms with Crippen LogP contribution >= 0.6 is 15.9 Å². The van der Waals surface area contributed by atoms with Crippen LogP contribution in [-0.2, 0) is 18.7 Å². The number of nitrogens with zero attached hydrogens (tertiary/aromatic N) is 1. The molecule has 7 nitrogen and oxygen atoms in total. The fourth-order valence-corrected chi connectivity index (χ4v) is 3.98. The van der Waals surface area contributed by atoms with Gasteiger partial charge in [-0.25, -0.2) is 4.79 Å². The molecule has 3 aliphatic heterocycles. The molecule has 3 heterocycles. The molecule has 3 fully saturated rings. The third kappa shape index (κ3) is 2.66. The number of rotatable bonds is 3. The molecule has 1 amide bonds. The highest BCUT2D eigenvalue weighted by molar-refractivity contribution is 9.10. The van der Waals surface area contributed by atoms with Crippen LogP contribution in [0.3, 0.4) is 0 Å². The van der Waals surface area contributed by atoms with E-state index in [1.54, 1.807) is 12.1 Å². The van der Waals surface area contributed by atoms with Crippen molar-refractivity contribution in [1.82, 2.24) is 0 Å². The number of amides is 1. The fourth-order valence-electron chi connectivity index (χ4n) is 3.72. The summed E-state index contributed by atoms with van der Waals surface area (Å²) in [7, 11) is 0. The minimum atomic E-state index is -1.69. The van der Waals surface area contributed by atoms with Gasteiger partial charge in [0, 0.05) is 10.2 Å². The quantitative estimate of drug-likeness (QED) is 0.803. The topological polar surface area (TPSA) is 66.0 Å². The van der Waals surface area contributed by atoms with E-state index in [2.05, 4.69) is 21.2 Å². The monoisotopic (exact) mass is 384 g/mol. The summed E-state index contributed by atoms with van der Waals surface area (Å²) in [4.78, 5) is 11.9. The number of nitrogens with one attached hydrogen (secondary N) is 1. The summed E-state index contributed by atoms with van der Waals surface area (Å²) >= 11 is 3.35. The smallest absolute Gasteiger partial charge is 0.481 e. The predicted octanol–water partition coefficient (Wildman–Crippen LogP) is 1.71. The van der Waals surface area contributed by atoms with Crippen molar-refractivity contribution in [3.8, 4) is 0 Å². The van der Waals surface area contributed by atoms with Gasteiger partial charge in [0.2, 0.25) is 0 Å². The molecule has 0 bridgehead atoms. The molecule has 0 saturated carbocycles. The normalized spacial score (nSPS) is 34.9. The lowest BCUT2D eigenvalue weighted by atomic mass is 9.94. The molecule has 0 spiro atoms. The van der Waals surface area contributed by atoms with Crippen molar-refractivity contribution in [2.24, 2.45) is 0 Å². The number of benzene rings is 1. The highest BCUT2D eigenvalue weighted by atomic mass is 79.9. The van der Waals surface area contributed by atoms with Crippen molar-refractivity contribution < 1.29 is 27.9 Å². The Morgan fingerprint density at radius 1 is 1.30 bits per heavy atom. The maximum atomic E-state index is 11.9. The van der Waals surface area contributed by atoms with Gasteiger partial charge in [0.1, 0.15) is 12.7 Å². The average molecular weight is 385 g/mol. The zero-order valence-corrected chi connectivity index (χ0v) is 14.2. The van der Waals surface area contributed by atoms with Gasteiger partial charge in [-0.2, -0.15) is 0 Å². The second-order valence-electron chi connectivity index (χ2n) is 6.18. The first-order valence-electron chi connectivity index (χ1n) is 7.75. The number of halogens is 1. The summed E-state index contributed by atoms with van der Waals surface area (Å²) in [5, 5.41) is 2.69. The summed E-state index contributed by atoms with van der Waals surface area (Å²) in [6, 6.07) is 7.30. The van der Waals surface area contributed by atoms with E-state index in [1.807, 2.05) is 12.1 Å². The first-order valence-corrected chi connectivity index (χ1v) is 8.54. The Labute approximate surface area is 142 Å². The van der Waals surface area contributed by atoms with Gasteiger partial charge in [0.25, 0.3) is 0 Å². The van der Waals surface area contributed by atoms with E-state index >= 15 is 0 Å². The van der Waals surface area contributed by atoms with E-state index in [0.717, 1.165) is 28.5 Å². The molecule has 23 heavy (non-hydrogen) atoms. The summed E-state index contributed by atoms with van der Waals surface area (Å²) in [6.45, 7) is 2.41. The van der Waals surface area contributed by atoms with Crippen molar-refractivity contribution in [2.75, 3.05) is 44.8 Å². The van der Waals surface area contributed by atoms with Gasteiger partial charge in [-0.3, -0.25) is 5.32 Å². The maximum absolute atomic E-state index is 11.9. The number of ether oxygens (including phenoxy) is 1. The highest BCUT2D eigenvalue weighted by Gasteiger charge is 2.66. The SMILES string of the molecule is O=C(Nc1ccc(Br)cc1)OCC1C[N+]23CCO[B-]2(OCC3)O1. The Bertz CT molecular complexity index is 584. The van der Waals surface area contributed by atoms with Crippen LogP contribution in [0.1, 0.15) is 0 Å². The molecule has 9 heteroatoms. The molecule has 1 N–H and O–H groups in total. The van der Waals surface area contributed by atoms with Crippen LogP contribution in [0.25, 0.3) is 0 Å². The van der Waals surface area contributed by atoms with E-state index in [-0.39, 0.29) is 12.7 Å². The van der Waals surface area contributed by atoms with E-state index in [1.165, 1.54) is 0 Å². The minimum Gasteiger partial charge on any atom is -0.481 e. The average Bonchev–Trinajstić information content (AvgIpc) is 3.09. The van der Waals surface area contributed by atoms with Crippen LogP contribution < -0.4 is 5.32 Å². The summed E-state index contributed by atoms with van der Waals surface area (Å²) < 4.78 is 24.5. The van der Waals surface area contributed by atoms with Crippen molar-refractivity contribution >= 4 is 34.6 Å². The molecule has 0 radical (unpaired) electrons. The molecule has 3 aliphatic rings. The Morgan fingerprint density at radius 3 is 2.65 bits per heavy atom. The van der Waals surface area contributed by atoms with Gasteiger partial charge < -0.3 is 23.1 Å². The molecular formula is C14H18BBrN2O5.